The van der Waals surface area contributed by atoms with Crippen molar-refractivity contribution in [3.63, 3.8) is 0 Å². The predicted octanol–water partition coefficient (Wildman–Crippen LogP) is 1.49. The molecule has 0 amide bonds. The monoisotopic (exact) mass is 173 g/mol. The molecule has 0 aliphatic rings. The fourth-order valence-corrected chi connectivity index (χ4v) is 0.906. The summed E-state index contributed by atoms with van der Waals surface area (Å²) in [6.07, 6.45) is 3.56. The third kappa shape index (κ3) is 6.16. The smallest absolute Gasteiger partial charge is 0.307 e. The van der Waals surface area contributed by atoms with Gasteiger partial charge in [-0.05, 0) is 13.0 Å². The van der Waals surface area contributed by atoms with Gasteiger partial charge in [0.25, 0.3) is 0 Å². The van der Waals surface area contributed by atoms with Gasteiger partial charge in [0.05, 0.1) is 5.92 Å². The summed E-state index contributed by atoms with van der Waals surface area (Å²) in [5.74, 6) is -0.996. The highest BCUT2D eigenvalue weighted by Gasteiger charge is 2.08. The molecule has 12 heavy (non-hydrogen) atoms. The predicted molar refractivity (Wildman–Crippen MR) is 49.2 cm³/mol. The van der Waals surface area contributed by atoms with Crippen molar-refractivity contribution in [3.8, 4) is 0 Å². The van der Waals surface area contributed by atoms with E-state index in [9.17, 15) is 4.79 Å². The summed E-state index contributed by atoms with van der Waals surface area (Å²) >= 11 is 0. The highest BCUT2D eigenvalue weighted by atomic mass is 16.4. The number of aliphatic carboxylic acids is 1. The molecule has 1 atom stereocenters. The molecule has 0 radical (unpaired) electrons. The molecule has 0 aliphatic carbocycles. The van der Waals surface area contributed by atoms with E-state index < -0.39 is 5.97 Å². The van der Waals surface area contributed by atoms with Gasteiger partial charge >= 0.3 is 5.97 Å². The van der Waals surface area contributed by atoms with Crippen molar-refractivity contribution < 1.29 is 9.90 Å². The number of unbranched alkanes of at least 4 members (excludes halogenated alkanes) is 2. The van der Waals surface area contributed by atoms with Crippen LogP contribution in [-0.4, -0.2) is 24.2 Å². The highest BCUT2D eigenvalue weighted by Crippen LogP contribution is 1.94. The Labute approximate surface area is 74.2 Å². The molecule has 0 aromatic carbocycles. The number of carboxylic acid groups (broad SMARTS) is 1. The summed E-state index contributed by atoms with van der Waals surface area (Å²) in [4.78, 5) is 10.4. The number of carbonyl (C=O) groups is 1. The second-order valence-electron chi connectivity index (χ2n) is 3.15. The molecule has 2 N–H and O–H groups in total. The fraction of sp³-hybridized carbons (Fsp3) is 0.889. The normalized spacial score (nSPS) is 12.8. The van der Waals surface area contributed by atoms with Gasteiger partial charge in [-0.15, -0.1) is 0 Å². The summed E-state index contributed by atoms with van der Waals surface area (Å²) in [6, 6.07) is 0. The molecule has 0 aromatic rings. The molecule has 0 bridgehead atoms. The zero-order chi connectivity index (χ0) is 9.40. The second kappa shape index (κ2) is 7.10. The standard InChI is InChI=1S/C9H19NO2/c1-3-4-5-6-10-7-8(2)9(11)12/h8,10H,3-7H2,1-2H3,(H,11,12). The van der Waals surface area contributed by atoms with Crippen molar-refractivity contribution in [2.24, 2.45) is 5.92 Å². The summed E-state index contributed by atoms with van der Waals surface area (Å²) in [5, 5.41) is 11.7. The van der Waals surface area contributed by atoms with Crippen LogP contribution in [0.25, 0.3) is 0 Å². The fourth-order valence-electron chi connectivity index (χ4n) is 0.906. The van der Waals surface area contributed by atoms with E-state index in [0.717, 1.165) is 13.0 Å². The molecule has 0 saturated heterocycles. The first-order chi connectivity index (χ1) is 5.68. The van der Waals surface area contributed by atoms with Gasteiger partial charge in [-0.25, -0.2) is 0 Å². The Bertz CT molecular complexity index is 126. The third-order valence-electron chi connectivity index (χ3n) is 1.83. The van der Waals surface area contributed by atoms with Crippen LogP contribution in [-0.2, 0) is 4.79 Å². The summed E-state index contributed by atoms with van der Waals surface area (Å²) in [5.41, 5.74) is 0. The molecule has 0 saturated carbocycles. The number of carboxylic acids is 1. The average Bonchev–Trinajstić information content (AvgIpc) is 2.03. The van der Waals surface area contributed by atoms with E-state index in [2.05, 4.69) is 12.2 Å². The van der Waals surface area contributed by atoms with E-state index in [1.54, 1.807) is 6.92 Å². The number of hydrogen-bond donors (Lipinski definition) is 2. The molecule has 0 aliphatic heterocycles. The zero-order valence-electron chi connectivity index (χ0n) is 7.97. The minimum Gasteiger partial charge on any atom is -0.481 e. The van der Waals surface area contributed by atoms with E-state index >= 15 is 0 Å². The SMILES string of the molecule is CCCCCNCC(C)C(=O)O. The summed E-state index contributed by atoms with van der Waals surface area (Å²) in [7, 11) is 0. The van der Waals surface area contributed by atoms with Gasteiger partial charge in [0.15, 0.2) is 0 Å². The Morgan fingerprint density at radius 3 is 2.67 bits per heavy atom. The lowest BCUT2D eigenvalue weighted by Crippen LogP contribution is -2.26. The molecule has 72 valence electrons. The topological polar surface area (TPSA) is 49.3 Å². The third-order valence-corrected chi connectivity index (χ3v) is 1.83. The lowest BCUT2D eigenvalue weighted by molar-refractivity contribution is -0.140. The molecule has 0 spiro atoms. The first-order valence-corrected chi connectivity index (χ1v) is 4.62. The molecule has 0 heterocycles. The van der Waals surface area contributed by atoms with Gasteiger partial charge in [-0.3, -0.25) is 4.79 Å². The van der Waals surface area contributed by atoms with Crippen molar-refractivity contribution >= 4 is 5.97 Å². The summed E-state index contributed by atoms with van der Waals surface area (Å²) in [6.45, 7) is 5.39. The number of hydrogen-bond acceptors (Lipinski definition) is 2. The Morgan fingerprint density at radius 2 is 2.17 bits per heavy atom. The van der Waals surface area contributed by atoms with E-state index in [1.165, 1.54) is 12.8 Å². The van der Waals surface area contributed by atoms with Crippen molar-refractivity contribution in [1.29, 1.82) is 0 Å². The zero-order valence-corrected chi connectivity index (χ0v) is 7.97. The van der Waals surface area contributed by atoms with Crippen molar-refractivity contribution in [2.75, 3.05) is 13.1 Å². The van der Waals surface area contributed by atoms with E-state index in [1.807, 2.05) is 0 Å². The minimum absolute atomic E-state index is 0.272. The molecule has 3 heteroatoms. The van der Waals surface area contributed by atoms with Crippen LogP contribution in [0.4, 0.5) is 0 Å². The first-order valence-electron chi connectivity index (χ1n) is 4.62. The molecule has 3 nitrogen and oxygen atoms in total. The van der Waals surface area contributed by atoms with Crippen LogP contribution in [0.5, 0.6) is 0 Å². The Hall–Kier alpha value is -0.570. The Morgan fingerprint density at radius 1 is 1.50 bits per heavy atom. The van der Waals surface area contributed by atoms with Crippen molar-refractivity contribution in [2.45, 2.75) is 33.1 Å². The van der Waals surface area contributed by atoms with Crippen LogP contribution >= 0.6 is 0 Å². The van der Waals surface area contributed by atoms with Crippen LogP contribution in [0.3, 0.4) is 0 Å². The molecule has 1 unspecified atom stereocenters. The lowest BCUT2D eigenvalue weighted by atomic mass is 10.2. The van der Waals surface area contributed by atoms with Crippen LogP contribution in [0.2, 0.25) is 0 Å². The highest BCUT2D eigenvalue weighted by molar-refractivity contribution is 5.69. The van der Waals surface area contributed by atoms with Crippen LogP contribution in [0, 0.1) is 5.92 Å². The van der Waals surface area contributed by atoms with Gasteiger partial charge in [0, 0.05) is 6.54 Å². The summed E-state index contributed by atoms with van der Waals surface area (Å²) < 4.78 is 0. The van der Waals surface area contributed by atoms with Crippen molar-refractivity contribution in [3.05, 3.63) is 0 Å². The van der Waals surface area contributed by atoms with Crippen molar-refractivity contribution in [1.82, 2.24) is 5.32 Å². The Kier molecular flexibility index (Phi) is 6.76. The van der Waals surface area contributed by atoms with E-state index in [4.69, 9.17) is 5.11 Å². The average molecular weight is 173 g/mol. The number of nitrogens with one attached hydrogen (secondary N) is 1. The van der Waals surface area contributed by atoms with Crippen LogP contribution in [0.15, 0.2) is 0 Å². The lowest BCUT2D eigenvalue weighted by Gasteiger charge is -2.07. The van der Waals surface area contributed by atoms with Gasteiger partial charge in [0.1, 0.15) is 0 Å². The quantitative estimate of drug-likeness (QED) is 0.573. The van der Waals surface area contributed by atoms with E-state index in [0.29, 0.717) is 6.54 Å². The minimum atomic E-state index is -0.724. The maximum absolute atomic E-state index is 10.4. The van der Waals surface area contributed by atoms with Crippen LogP contribution < -0.4 is 5.32 Å². The molecular weight excluding hydrogens is 154 g/mol. The van der Waals surface area contributed by atoms with Crippen LogP contribution in [0.1, 0.15) is 33.1 Å². The Balaban J connectivity index is 3.14. The molecule has 0 aromatic heterocycles. The van der Waals surface area contributed by atoms with E-state index in [-0.39, 0.29) is 5.92 Å². The maximum Gasteiger partial charge on any atom is 0.307 e. The largest absolute Gasteiger partial charge is 0.481 e. The molecular formula is C9H19NO2. The van der Waals surface area contributed by atoms with Gasteiger partial charge < -0.3 is 10.4 Å². The van der Waals surface area contributed by atoms with Gasteiger partial charge in [-0.1, -0.05) is 26.7 Å². The molecule has 0 rings (SSSR count). The molecule has 0 fully saturated rings. The maximum atomic E-state index is 10.4. The first kappa shape index (κ1) is 11.4. The van der Waals surface area contributed by atoms with Gasteiger partial charge in [0.2, 0.25) is 0 Å². The van der Waals surface area contributed by atoms with Gasteiger partial charge in [-0.2, -0.15) is 0 Å². The second-order valence-corrected chi connectivity index (χ2v) is 3.15. The number of rotatable bonds is 7.